The van der Waals surface area contributed by atoms with Crippen molar-refractivity contribution in [2.24, 2.45) is 0 Å². The van der Waals surface area contributed by atoms with Crippen LogP contribution in [0.25, 0.3) is 0 Å². The molecule has 2 aromatic rings. The molecule has 134 valence electrons. The second kappa shape index (κ2) is 8.61. The first-order valence-corrected chi connectivity index (χ1v) is 10.9. The third kappa shape index (κ3) is 4.49. The Kier molecular flexibility index (Phi) is 6.76. The lowest BCUT2D eigenvalue weighted by Crippen LogP contribution is -2.66. The van der Waals surface area contributed by atoms with Gasteiger partial charge in [-0.1, -0.05) is 87.5 Å². The molecule has 0 amide bonds. The van der Waals surface area contributed by atoms with Gasteiger partial charge in [-0.15, -0.1) is 6.58 Å². The van der Waals surface area contributed by atoms with Crippen LogP contribution in [-0.2, 0) is 4.43 Å². The predicted molar refractivity (Wildman–Crippen MR) is 109 cm³/mol. The summed E-state index contributed by atoms with van der Waals surface area (Å²) in [5, 5.41) is 12.6. The molecule has 2 nitrogen and oxygen atoms in total. The number of benzene rings is 2. The number of hydrogen-bond acceptors (Lipinski definition) is 2. The molecule has 1 atom stereocenters. The van der Waals surface area contributed by atoms with Crippen LogP contribution in [0, 0.1) is 0 Å². The molecule has 0 aliphatic heterocycles. The fourth-order valence-electron chi connectivity index (χ4n) is 3.42. The molecule has 0 unspecified atom stereocenters. The number of aliphatic hydroxyl groups is 1. The van der Waals surface area contributed by atoms with Gasteiger partial charge in [-0.3, -0.25) is 0 Å². The van der Waals surface area contributed by atoms with Crippen molar-refractivity contribution in [2.45, 2.75) is 44.8 Å². The van der Waals surface area contributed by atoms with Crippen LogP contribution in [0.5, 0.6) is 0 Å². The molecule has 0 heterocycles. The maximum absolute atomic E-state index is 10.1. The molecule has 25 heavy (non-hydrogen) atoms. The molecule has 0 fully saturated rings. The fraction of sp³-hybridized carbons (Fsp3) is 0.364. The van der Waals surface area contributed by atoms with Crippen LogP contribution >= 0.6 is 0 Å². The lowest BCUT2D eigenvalue weighted by Gasteiger charge is -2.43. The molecule has 2 aromatic carbocycles. The van der Waals surface area contributed by atoms with Crippen molar-refractivity contribution in [1.82, 2.24) is 0 Å². The van der Waals surface area contributed by atoms with Gasteiger partial charge in [-0.05, 0) is 28.3 Å². The van der Waals surface area contributed by atoms with E-state index >= 15 is 0 Å². The minimum absolute atomic E-state index is 0.0287. The molecule has 0 saturated carbocycles. The lowest BCUT2D eigenvalue weighted by atomic mass is 10.2. The van der Waals surface area contributed by atoms with Crippen LogP contribution in [0.4, 0.5) is 0 Å². The molecule has 0 saturated heterocycles. The van der Waals surface area contributed by atoms with E-state index in [1.165, 1.54) is 10.4 Å². The zero-order valence-electron chi connectivity index (χ0n) is 15.6. The highest BCUT2D eigenvalue weighted by Crippen LogP contribution is 2.36. The van der Waals surface area contributed by atoms with Crippen LogP contribution in [0.1, 0.15) is 33.6 Å². The first kappa shape index (κ1) is 19.6. The second-order valence-corrected chi connectivity index (χ2v) is 11.8. The summed E-state index contributed by atoms with van der Waals surface area (Å²) in [5.41, 5.74) is 0. The maximum atomic E-state index is 10.1. The van der Waals surface area contributed by atoms with E-state index in [0.29, 0.717) is 19.4 Å². The smallest absolute Gasteiger partial charge is 0.261 e. The minimum atomic E-state index is -2.48. The largest absolute Gasteiger partial charge is 0.407 e. The van der Waals surface area contributed by atoms with E-state index in [4.69, 9.17) is 4.43 Å². The molecule has 0 aromatic heterocycles. The third-order valence-electron chi connectivity index (χ3n) is 4.63. The van der Waals surface area contributed by atoms with Crippen LogP contribution in [-0.4, -0.2) is 26.1 Å². The van der Waals surface area contributed by atoms with E-state index < -0.39 is 14.4 Å². The predicted octanol–water partition coefficient (Wildman–Crippen LogP) is 3.89. The van der Waals surface area contributed by atoms with E-state index in [1.54, 1.807) is 6.08 Å². The Morgan fingerprint density at radius 3 is 1.88 bits per heavy atom. The van der Waals surface area contributed by atoms with Crippen LogP contribution in [0.3, 0.4) is 0 Å². The van der Waals surface area contributed by atoms with Crippen molar-refractivity contribution >= 4 is 18.7 Å². The fourth-order valence-corrected chi connectivity index (χ4v) is 8.00. The average molecular weight is 355 g/mol. The quantitative estimate of drug-likeness (QED) is 0.576. The van der Waals surface area contributed by atoms with Crippen LogP contribution in [0.15, 0.2) is 73.3 Å². The molecule has 0 bridgehead atoms. The zero-order chi connectivity index (χ0) is 18.3. The molecule has 1 N–H and O–H groups in total. The summed E-state index contributed by atoms with van der Waals surface area (Å²) in [7, 11) is -2.48. The Hall–Kier alpha value is -1.68. The van der Waals surface area contributed by atoms with Crippen molar-refractivity contribution < 1.29 is 9.53 Å². The normalized spacial score (nSPS) is 13.4. The topological polar surface area (TPSA) is 29.5 Å². The summed E-state index contributed by atoms with van der Waals surface area (Å²) in [6.07, 6.45) is 2.59. The van der Waals surface area contributed by atoms with Gasteiger partial charge in [0.2, 0.25) is 0 Å². The summed E-state index contributed by atoms with van der Waals surface area (Å²) in [6.45, 7) is 11.0. The van der Waals surface area contributed by atoms with Gasteiger partial charge in [-0.25, -0.2) is 0 Å². The van der Waals surface area contributed by atoms with Gasteiger partial charge in [0.05, 0.1) is 6.10 Å². The maximum Gasteiger partial charge on any atom is 0.261 e. The van der Waals surface area contributed by atoms with Crippen molar-refractivity contribution in [2.75, 3.05) is 6.61 Å². The Morgan fingerprint density at radius 1 is 1.00 bits per heavy atom. The monoisotopic (exact) mass is 354 g/mol. The highest BCUT2D eigenvalue weighted by Gasteiger charge is 2.49. The summed E-state index contributed by atoms with van der Waals surface area (Å²) in [4.78, 5) is 0. The minimum Gasteiger partial charge on any atom is -0.407 e. The highest BCUT2D eigenvalue weighted by atomic mass is 28.4. The van der Waals surface area contributed by atoms with Crippen molar-refractivity contribution in [3.63, 3.8) is 0 Å². The van der Waals surface area contributed by atoms with Crippen molar-refractivity contribution in [3.05, 3.63) is 73.3 Å². The number of rotatable bonds is 8. The first-order valence-electron chi connectivity index (χ1n) is 8.96. The standard InChI is InChI=1S/C22H30O2Si/c1-5-12-19(23)17-18-24-25(22(2,3)4,20-13-8-6-9-14-20)21-15-10-7-11-16-21/h5-11,13-16,19,23H,1,12,17-18H2,2-4H3/t19-/m0/s1. The van der Waals surface area contributed by atoms with Gasteiger partial charge in [-0.2, -0.15) is 0 Å². The molecule has 0 aliphatic rings. The van der Waals surface area contributed by atoms with E-state index in [1.807, 2.05) is 12.1 Å². The average Bonchev–Trinajstić information content (AvgIpc) is 2.59. The highest BCUT2D eigenvalue weighted by molar-refractivity contribution is 6.99. The van der Waals surface area contributed by atoms with E-state index in [0.717, 1.165) is 0 Å². The van der Waals surface area contributed by atoms with Crippen molar-refractivity contribution in [1.29, 1.82) is 0 Å². The summed E-state index contributed by atoms with van der Waals surface area (Å²) < 4.78 is 6.73. The Balaban J connectivity index is 2.44. The Labute approximate surface area is 153 Å². The zero-order valence-corrected chi connectivity index (χ0v) is 16.6. The molecule has 0 spiro atoms. The first-order chi connectivity index (χ1) is 11.9. The second-order valence-electron chi connectivity index (χ2n) is 7.48. The van der Waals surface area contributed by atoms with Gasteiger partial charge < -0.3 is 9.53 Å². The van der Waals surface area contributed by atoms with E-state index in [2.05, 4.69) is 75.9 Å². The van der Waals surface area contributed by atoms with Crippen LogP contribution in [0.2, 0.25) is 5.04 Å². The van der Waals surface area contributed by atoms with Gasteiger partial charge in [0.25, 0.3) is 8.32 Å². The Bertz CT molecular complexity index is 607. The van der Waals surface area contributed by atoms with E-state index in [-0.39, 0.29) is 5.04 Å². The number of hydrogen-bond donors (Lipinski definition) is 1. The third-order valence-corrected chi connectivity index (χ3v) is 9.67. The van der Waals surface area contributed by atoms with Gasteiger partial charge in [0.1, 0.15) is 0 Å². The molecule has 2 rings (SSSR count). The van der Waals surface area contributed by atoms with E-state index in [9.17, 15) is 5.11 Å². The molecule has 0 aliphatic carbocycles. The molecule has 0 radical (unpaired) electrons. The van der Waals surface area contributed by atoms with Gasteiger partial charge >= 0.3 is 0 Å². The SMILES string of the molecule is C=CC[C@H](O)CCO[Si](c1ccccc1)(c1ccccc1)C(C)(C)C. The Morgan fingerprint density at radius 2 is 1.48 bits per heavy atom. The van der Waals surface area contributed by atoms with Gasteiger partial charge in [0, 0.05) is 6.61 Å². The van der Waals surface area contributed by atoms with Gasteiger partial charge in [0.15, 0.2) is 0 Å². The summed E-state index contributed by atoms with van der Waals surface area (Å²) >= 11 is 0. The van der Waals surface area contributed by atoms with Crippen LogP contribution < -0.4 is 10.4 Å². The summed E-state index contributed by atoms with van der Waals surface area (Å²) in [6, 6.07) is 21.2. The van der Waals surface area contributed by atoms with Crippen molar-refractivity contribution in [3.8, 4) is 0 Å². The molecular formula is C22H30O2Si. The molecular weight excluding hydrogens is 324 g/mol. The lowest BCUT2D eigenvalue weighted by molar-refractivity contribution is 0.139. The molecule has 3 heteroatoms. The number of aliphatic hydroxyl groups excluding tert-OH is 1. The summed E-state index contributed by atoms with van der Waals surface area (Å²) in [5.74, 6) is 0.